The summed E-state index contributed by atoms with van der Waals surface area (Å²) in [4.78, 5) is 16.9. The lowest BCUT2D eigenvalue weighted by Crippen LogP contribution is -2.45. The fraction of sp³-hybridized carbons (Fsp3) is 0.632. The Morgan fingerprint density at radius 2 is 1.79 bits per heavy atom. The second-order valence-electron chi connectivity index (χ2n) is 7.54. The number of hydrogen-bond donors (Lipinski definition) is 0. The smallest absolute Gasteiger partial charge is 0.170 e. The molecule has 3 aliphatic rings. The molecule has 2 aliphatic heterocycles. The van der Waals surface area contributed by atoms with Gasteiger partial charge in [0.05, 0.1) is 17.7 Å². The van der Waals surface area contributed by atoms with Crippen molar-refractivity contribution in [3.05, 3.63) is 23.5 Å². The summed E-state index contributed by atoms with van der Waals surface area (Å²) in [6.07, 6.45) is 5.68. The summed E-state index contributed by atoms with van der Waals surface area (Å²) in [6.45, 7) is 3.43. The van der Waals surface area contributed by atoms with Crippen LogP contribution in [0.25, 0.3) is 0 Å². The lowest BCUT2D eigenvalue weighted by molar-refractivity contribution is 0.0135. The minimum atomic E-state index is -0.348. The lowest BCUT2D eigenvalue weighted by atomic mass is 9.78. The molecule has 0 bridgehead atoms. The highest BCUT2D eigenvalue weighted by Crippen LogP contribution is 2.43. The van der Waals surface area contributed by atoms with Crippen molar-refractivity contribution >= 4 is 11.5 Å². The van der Waals surface area contributed by atoms with E-state index >= 15 is 0 Å². The van der Waals surface area contributed by atoms with Gasteiger partial charge in [0.2, 0.25) is 0 Å². The van der Waals surface area contributed by atoms with E-state index in [4.69, 9.17) is 4.74 Å². The Balaban J connectivity index is 1.65. The fourth-order valence-electron chi connectivity index (χ4n) is 4.27. The molecule has 24 heavy (non-hydrogen) atoms. The highest BCUT2D eigenvalue weighted by molar-refractivity contribution is 6.01. The lowest BCUT2D eigenvalue weighted by Gasteiger charge is -2.41. The van der Waals surface area contributed by atoms with Crippen LogP contribution in [0.3, 0.4) is 0 Å². The molecule has 1 aromatic carbocycles. The Kier molecular flexibility index (Phi) is 3.99. The van der Waals surface area contributed by atoms with Crippen molar-refractivity contribution in [2.75, 3.05) is 38.1 Å². The number of piperazine rings is 1. The van der Waals surface area contributed by atoms with Crippen LogP contribution >= 0.6 is 0 Å². The molecule has 0 unspecified atom stereocenters. The number of rotatable bonds is 1. The molecular weight excluding hydrogens is 307 g/mol. The summed E-state index contributed by atoms with van der Waals surface area (Å²) in [7, 11) is 2.08. The first-order chi connectivity index (χ1) is 11.6. The average Bonchev–Trinajstić information content (AvgIpc) is 2.57. The van der Waals surface area contributed by atoms with E-state index < -0.39 is 0 Å². The highest BCUT2D eigenvalue weighted by atomic mass is 19.1. The molecule has 1 aliphatic carbocycles. The number of benzene rings is 1. The van der Waals surface area contributed by atoms with E-state index in [0.717, 1.165) is 51.9 Å². The molecular formula is C19H25FN2O2. The molecule has 130 valence electrons. The molecule has 1 saturated heterocycles. The van der Waals surface area contributed by atoms with Crippen LogP contribution in [-0.4, -0.2) is 49.5 Å². The molecule has 5 heteroatoms. The van der Waals surface area contributed by atoms with E-state index in [9.17, 15) is 9.18 Å². The summed E-state index contributed by atoms with van der Waals surface area (Å²) < 4.78 is 20.9. The van der Waals surface area contributed by atoms with Gasteiger partial charge in [0.25, 0.3) is 0 Å². The Bertz CT molecular complexity index is 647. The zero-order valence-electron chi connectivity index (χ0n) is 14.3. The van der Waals surface area contributed by atoms with Gasteiger partial charge >= 0.3 is 0 Å². The number of anilines is 1. The molecule has 1 spiro atoms. The number of nitrogens with zero attached hydrogens (tertiary/aromatic N) is 2. The number of carbonyl (C=O) groups is 1. The summed E-state index contributed by atoms with van der Waals surface area (Å²) in [5, 5.41) is 0. The van der Waals surface area contributed by atoms with Gasteiger partial charge in [0, 0.05) is 32.2 Å². The van der Waals surface area contributed by atoms with Gasteiger partial charge in [-0.05, 0) is 38.8 Å². The molecule has 4 rings (SSSR count). The molecule has 2 heterocycles. The first kappa shape index (κ1) is 15.9. The molecule has 4 nitrogen and oxygen atoms in total. The summed E-state index contributed by atoms with van der Waals surface area (Å²) >= 11 is 0. The van der Waals surface area contributed by atoms with E-state index in [1.165, 1.54) is 12.5 Å². The van der Waals surface area contributed by atoms with Crippen LogP contribution in [0.1, 0.15) is 48.9 Å². The number of hydrogen-bond acceptors (Lipinski definition) is 4. The molecule has 1 saturated carbocycles. The maximum absolute atomic E-state index is 14.6. The van der Waals surface area contributed by atoms with Crippen molar-refractivity contribution in [3.63, 3.8) is 0 Å². The third kappa shape index (κ3) is 2.79. The maximum atomic E-state index is 14.6. The van der Waals surface area contributed by atoms with Crippen LogP contribution in [0.15, 0.2) is 12.1 Å². The molecule has 0 radical (unpaired) electrons. The van der Waals surface area contributed by atoms with Gasteiger partial charge in [-0.2, -0.15) is 0 Å². The van der Waals surface area contributed by atoms with E-state index in [0.29, 0.717) is 23.4 Å². The molecule has 2 fully saturated rings. The number of halogens is 1. The molecule has 0 aromatic heterocycles. The largest absolute Gasteiger partial charge is 0.486 e. The van der Waals surface area contributed by atoms with Gasteiger partial charge in [-0.1, -0.05) is 6.42 Å². The zero-order chi connectivity index (χ0) is 16.7. The quantitative estimate of drug-likeness (QED) is 0.790. The molecule has 0 atom stereocenters. The van der Waals surface area contributed by atoms with Gasteiger partial charge in [0.15, 0.2) is 5.78 Å². The van der Waals surface area contributed by atoms with Gasteiger partial charge in [-0.15, -0.1) is 0 Å². The van der Waals surface area contributed by atoms with Crippen LogP contribution in [0.5, 0.6) is 5.75 Å². The van der Waals surface area contributed by atoms with Gasteiger partial charge in [0.1, 0.15) is 17.2 Å². The van der Waals surface area contributed by atoms with Crippen LogP contribution in [0, 0.1) is 5.82 Å². The second-order valence-corrected chi connectivity index (χ2v) is 7.54. The maximum Gasteiger partial charge on any atom is 0.170 e. The predicted octanol–water partition coefficient (Wildman–Crippen LogP) is 3.25. The van der Waals surface area contributed by atoms with Gasteiger partial charge in [-0.3, -0.25) is 4.79 Å². The number of Topliss-reactive ketones (excluding diaryl/α,β-unsaturated/α-hetero) is 1. The van der Waals surface area contributed by atoms with Gasteiger partial charge < -0.3 is 14.5 Å². The number of ketones is 1. The molecule has 1 aromatic rings. The van der Waals surface area contributed by atoms with Crippen LogP contribution < -0.4 is 9.64 Å². The third-order valence-corrected chi connectivity index (χ3v) is 5.77. The zero-order valence-corrected chi connectivity index (χ0v) is 14.3. The number of carbonyl (C=O) groups excluding carboxylic acids is 1. The predicted molar refractivity (Wildman–Crippen MR) is 91.5 cm³/mol. The second kappa shape index (κ2) is 6.03. The first-order valence-corrected chi connectivity index (χ1v) is 9.06. The Morgan fingerprint density at radius 1 is 1.08 bits per heavy atom. The Morgan fingerprint density at radius 3 is 2.50 bits per heavy atom. The van der Waals surface area contributed by atoms with Crippen LogP contribution in [0.2, 0.25) is 0 Å². The van der Waals surface area contributed by atoms with Gasteiger partial charge in [-0.25, -0.2) is 4.39 Å². The monoisotopic (exact) mass is 332 g/mol. The fourth-order valence-corrected chi connectivity index (χ4v) is 4.27. The summed E-state index contributed by atoms with van der Waals surface area (Å²) in [5.74, 6) is 0.306. The van der Waals surface area contributed by atoms with Crippen LogP contribution in [-0.2, 0) is 0 Å². The van der Waals surface area contributed by atoms with Crippen LogP contribution in [0.4, 0.5) is 10.1 Å². The molecule has 0 amide bonds. The topological polar surface area (TPSA) is 32.8 Å². The Hall–Kier alpha value is -1.62. The number of likely N-dealkylation sites (N-methyl/N-ethyl adjacent to an activating group) is 1. The van der Waals surface area contributed by atoms with Crippen molar-refractivity contribution in [1.82, 2.24) is 4.90 Å². The summed E-state index contributed by atoms with van der Waals surface area (Å²) in [5.41, 5.74) is 0.642. The normalized spacial score (nSPS) is 23.9. The average molecular weight is 332 g/mol. The van der Waals surface area contributed by atoms with Crippen molar-refractivity contribution in [2.24, 2.45) is 0 Å². The highest BCUT2D eigenvalue weighted by Gasteiger charge is 2.42. The third-order valence-electron chi connectivity index (χ3n) is 5.77. The SMILES string of the molecule is CN1CCN(c2cc3c(cc2F)C(=O)CC2(CCCCC2)O3)CC1. The van der Waals surface area contributed by atoms with Crippen molar-refractivity contribution in [1.29, 1.82) is 0 Å². The van der Waals surface area contributed by atoms with Crippen molar-refractivity contribution in [2.45, 2.75) is 44.1 Å². The van der Waals surface area contributed by atoms with Crippen molar-refractivity contribution in [3.8, 4) is 5.75 Å². The summed E-state index contributed by atoms with van der Waals surface area (Å²) in [6, 6.07) is 3.16. The van der Waals surface area contributed by atoms with E-state index in [1.54, 1.807) is 6.07 Å². The Labute approximate surface area is 142 Å². The van der Waals surface area contributed by atoms with E-state index in [1.807, 2.05) is 0 Å². The first-order valence-electron chi connectivity index (χ1n) is 9.06. The van der Waals surface area contributed by atoms with Crippen molar-refractivity contribution < 1.29 is 13.9 Å². The number of fused-ring (bicyclic) bond motifs is 1. The standard InChI is InChI=1S/C19H25FN2O2/c1-21-7-9-22(10-8-21)16-12-18-14(11-15(16)20)17(23)13-19(24-18)5-3-2-4-6-19/h11-12H,2-10,13H2,1H3. The van der Waals surface area contributed by atoms with E-state index in [2.05, 4.69) is 16.8 Å². The number of ether oxygens (including phenoxy) is 1. The van der Waals surface area contributed by atoms with E-state index in [-0.39, 0.29) is 17.2 Å². The minimum Gasteiger partial charge on any atom is -0.486 e. The minimum absolute atomic E-state index is 0.0296. The molecule has 0 N–H and O–H groups in total.